The van der Waals surface area contributed by atoms with E-state index in [1.165, 1.54) is 12.1 Å². The van der Waals surface area contributed by atoms with E-state index in [1.54, 1.807) is 18.2 Å². The Morgan fingerprint density at radius 3 is 2.36 bits per heavy atom. The van der Waals surface area contributed by atoms with Gasteiger partial charge in [-0.3, -0.25) is 14.2 Å². The third-order valence-electron chi connectivity index (χ3n) is 3.74. The molecule has 0 radical (unpaired) electrons. The second kappa shape index (κ2) is 7.16. The van der Waals surface area contributed by atoms with E-state index >= 15 is 0 Å². The van der Waals surface area contributed by atoms with Crippen LogP contribution in [-0.2, 0) is 14.6 Å². The molecule has 0 saturated heterocycles. The molecule has 0 fully saturated rings. The van der Waals surface area contributed by atoms with Crippen LogP contribution in [0.3, 0.4) is 0 Å². The van der Waals surface area contributed by atoms with Crippen molar-refractivity contribution >= 4 is 51.3 Å². The number of pyridine rings is 1. The Bertz CT molecular complexity index is 1300. The summed E-state index contributed by atoms with van der Waals surface area (Å²) in [7, 11) is -9.29. The number of carbonyl (C=O) groups excluding carboxylic acids is 1. The third kappa shape index (κ3) is 4.01. The lowest BCUT2D eigenvalue weighted by molar-refractivity contribution is 0.0981. The first kappa shape index (κ1) is 20.2. The molecule has 0 aliphatic rings. The third-order valence-corrected chi connectivity index (χ3v) is 6.50. The molecule has 0 saturated carbocycles. The number of nitrogens with one attached hydrogen (secondary N) is 2. The summed E-state index contributed by atoms with van der Waals surface area (Å²) >= 11 is 5.99. The standard InChI is InChI=1S/C16H12ClN2O7PS/c17-11-8-12-10(6-13(16(21)18-12)27(22,23)24)7-14(11)28(25,26)19-15(20)9-4-2-1-3-5-9/h1-8H,(H,18,21)(H,19,20)(H2,22,23,24). The number of carbonyl (C=O) groups is 1. The lowest BCUT2D eigenvalue weighted by atomic mass is 10.2. The van der Waals surface area contributed by atoms with Crippen LogP contribution in [0.1, 0.15) is 10.4 Å². The molecule has 1 aromatic heterocycles. The molecule has 1 amide bonds. The molecule has 28 heavy (non-hydrogen) atoms. The molecule has 0 spiro atoms. The van der Waals surface area contributed by atoms with Gasteiger partial charge in [-0.15, -0.1) is 0 Å². The van der Waals surface area contributed by atoms with Crippen molar-refractivity contribution in [3.05, 3.63) is 69.5 Å². The number of aromatic nitrogens is 1. The molecule has 146 valence electrons. The number of H-pyrrole nitrogens is 1. The molecule has 0 bridgehead atoms. The Labute approximate surface area is 163 Å². The summed E-state index contributed by atoms with van der Waals surface area (Å²) in [6, 6.07) is 10.6. The molecule has 4 N–H and O–H groups in total. The van der Waals surface area contributed by atoms with Gasteiger partial charge < -0.3 is 14.8 Å². The molecule has 9 nitrogen and oxygen atoms in total. The smallest absolute Gasteiger partial charge is 0.321 e. The van der Waals surface area contributed by atoms with E-state index in [4.69, 9.17) is 11.6 Å². The van der Waals surface area contributed by atoms with E-state index in [9.17, 15) is 32.4 Å². The van der Waals surface area contributed by atoms with Crippen molar-refractivity contribution in [1.82, 2.24) is 9.71 Å². The van der Waals surface area contributed by atoms with E-state index in [0.717, 1.165) is 18.2 Å². The van der Waals surface area contributed by atoms with Crippen LogP contribution in [0.15, 0.2) is 58.2 Å². The van der Waals surface area contributed by atoms with Gasteiger partial charge in [-0.25, -0.2) is 13.1 Å². The van der Waals surface area contributed by atoms with Gasteiger partial charge in [0.25, 0.3) is 21.5 Å². The van der Waals surface area contributed by atoms with Crippen molar-refractivity contribution in [3.63, 3.8) is 0 Å². The van der Waals surface area contributed by atoms with Crippen molar-refractivity contribution < 1.29 is 27.6 Å². The average molecular weight is 443 g/mol. The van der Waals surface area contributed by atoms with Gasteiger partial charge in [0.15, 0.2) is 0 Å². The molecule has 12 heteroatoms. The summed E-state index contributed by atoms with van der Waals surface area (Å²) in [6.45, 7) is 0. The second-order valence-electron chi connectivity index (χ2n) is 5.70. The second-order valence-corrected chi connectivity index (χ2v) is 9.33. The number of hydrogen-bond donors (Lipinski definition) is 4. The van der Waals surface area contributed by atoms with Crippen LogP contribution in [0.4, 0.5) is 0 Å². The highest BCUT2D eigenvalue weighted by molar-refractivity contribution is 7.90. The predicted octanol–water partition coefficient (Wildman–Crippen LogP) is 1.10. The summed E-state index contributed by atoms with van der Waals surface area (Å²) < 4.78 is 38.5. The lowest BCUT2D eigenvalue weighted by Gasteiger charge is -2.11. The van der Waals surface area contributed by atoms with Gasteiger partial charge in [0, 0.05) is 16.5 Å². The zero-order valence-corrected chi connectivity index (χ0v) is 16.3. The number of halogens is 1. The lowest BCUT2D eigenvalue weighted by Crippen LogP contribution is -2.31. The zero-order valence-electron chi connectivity index (χ0n) is 13.8. The van der Waals surface area contributed by atoms with Gasteiger partial charge in [-0.05, 0) is 30.3 Å². The molecule has 0 aliphatic carbocycles. The van der Waals surface area contributed by atoms with E-state index in [0.29, 0.717) is 0 Å². The Morgan fingerprint density at radius 2 is 1.75 bits per heavy atom. The van der Waals surface area contributed by atoms with Crippen molar-refractivity contribution in [1.29, 1.82) is 0 Å². The fourth-order valence-corrected chi connectivity index (χ4v) is 4.61. The van der Waals surface area contributed by atoms with Crippen LogP contribution in [-0.4, -0.2) is 29.1 Å². The Kier molecular flexibility index (Phi) is 5.18. The molecule has 0 atom stereocenters. The fraction of sp³-hybridized carbons (Fsp3) is 0. The van der Waals surface area contributed by atoms with Crippen molar-refractivity contribution in [2.45, 2.75) is 4.90 Å². The molecule has 0 aliphatic heterocycles. The molecule has 1 heterocycles. The highest BCUT2D eigenvalue weighted by atomic mass is 35.5. The summed E-state index contributed by atoms with van der Waals surface area (Å²) in [6.07, 6.45) is 0. The summed E-state index contributed by atoms with van der Waals surface area (Å²) in [5.41, 5.74) is -0.846. The first-order valence-corrected chi connectivity index (χ1v) is 11.0. The van der Waals surface area contributed by atoms with Crippen molar-refractivity contribution in [2.24, 2.45) is 0 Å². The molecule has 2 aromatic carbocycles. The van der Waals surface area contributed by atoms with Gasteiger partial charge in [0.05, 0.1) is 5.02 Å². The van der Waals surface area contributed by atoms with Gasteiger partial charge in [0.1, 0.15) is 10.2 Å². The number of aromatic amines is 1. The predicted molar refractivity (Wildman–Crippen MR) is 102 cm³/mol. The number of amides is 1. The number of benzene rings is 2. The minimum atomic E-state index is -4.89. The molecular weight excluding hydrogens is 431 g/mol. The maximum Gasteiger partial charge on any atom is 0.361 e. The maximum atomic E-state index is 12.6. The van der Waals surface area contributed by atoms with Crippen LogP contribution in [0.2, 0.25) is 5.02 Å². The van der Waals surface area contributed by atoms with Gasteiger partial charge in [-0.1, -0.05) is 29.8 Å². The minimum Gasteiger partial charge on any atom is -0.321 e. The summed E-state index contributed by atoms with van der Waals surface area (Å²) in [5.74, 6) is -0.880. The minimum absolute atomic E-state index is 0.00913. The maximum absolute atomic E-state index is 12.6. The number of hydrogen-bond acceptors (Lipinski definition) is 5. The summed E-state index contributed by atoms with van der Waals surface area (Å²) in [5, 5.41) is -1.10. The average Bonchev–Trinajstić information content (AvgIpc) is 2.60. The Hall–Kier alpha value is -2.49. The molecule has 0 unspecified atom stereocenters. The van der Waals surface area contributed by atoms with Gasteiger partial charge in [-0.2, -0.15) is 0 Å². The van der Waals surface area contributed by atoms with Crippen LogP contribution in [0, 0.1) is 0 Å². The number of rotatable bonds is 4. The van der Waals surface area contributed by atoms with Crippen molar-refractivity contribution in [3.8, 4) is 0 Å². The highest BCUT2D eigenvalue weighted by Crippen LogP contribution is 2.33. The largest absolute Gasteiger partial charge is 0.361 e. The van der Waals surface area contributed by atoms with E-state index in [1.807, 2.05) is 4.72 Å². The van der Waals surface area contributed by atoms with Crippen LogP contribution in [0.5, 0.6) is 0 Å². The first-order valence-electron chi connectivity index (χ1n) is 7.54. The van der Waals surface area contributed by atoms with Crippen LogP contribution >= 0.6 is 19.2 Å². The fourth-order valence-electron chi connectivity index (χ4n) is 2.44. The molecule has 3 rings (SSSR count). The molecular formula is C16H12ClN2O7PS. The monoisotopic (exact) mass is 442 g/mol. The SMILES string of the molecule is O=C(NS(=O)(=O)c1cc2cc(P(=O)(O)O)c(=O)[nH]c2cc1Cl)c1ccccc1. The normalized spacial score (nSPS) is 12.1. The Balaban J connectivity index is 2.10. The van der Waals surface area contributed by atoms with Crippen LogP contribution in [0.25, 0.3) is 10.9 Å². The Morgan fingerprint density at radius 1 is 1.11 bits per heavy atom. The van der Waals surface area contributed by atoms with E-state index in [2.05, 4.69) is 4.98 Å². The number of sulfonamides is 1. The van der Waals surface area contributed by atoms with Gasteiger partial charge in [0.2, 0.25) is 0 Å². The topological polar surface area (TPSA) is 154 Å². The zero-order chi connectivity index (χ0) is 20.7. The molecule has 3 aromatic rings. The highest BCUT2D eigenvalue weighted by Gasteiger charge is 2.25. The van der Waals surface area contributed by atoms with E-state index < -0.39 is 39.3 Å². The quantitative estimate of drug-likeness (QED) is 0.441. The van der Waals surface area contributed by atoms with E-state index in [-0.39, 0.29) is 21.5 Å². The number of fused-ring (bicyclic) bond motifs is 1. The first-order chi connectivity index (χ1) is 13.0. The van der Waals surface area contributed by atoms with Crippen LogP contribution < -0.4 is 15.6 Å². The summed E-state index contributed by atoms with van der Waals surface area (Å²) in [4.78, 5) is 44.2. The van der Waals surface area contributed by atoms with Crippen molar-refractivity contribution in [2.75, 3.05) is 0 Å². The van der Waals surface area contributed by atoms with Gasteiger partial charge >= 0.3 is 7.60 Å².